The van der Waals surface area contributed by atoms with Crippen LogP contribution in [-0.4, -0.2) is 33.3 Å². The van der Waals surface area contributed by atoms with Crippen LogP contribution in [0.15, 0.2) is 36.4 Å². The summed E-state index contributed by atoms with van der Waals surface area (Å²) in [6.45, 7) is 7.74. The van der Waals surface area contributed by atoms with Crippen LogP contribution in [0.2, 0.25) is 10.0 Å². The average Bonchev–Trinajstić information content (AvgIpc) is 2.66. The van der Waals surface area contributed by atoms with Crippen LogP contribution < -0.4 is 11.1 Å². The maximum Gasteiger partial charge on any atom is 0.337 e. The van der Waals surface area contributed by atoms with E-state index in [0.29, 0.717) is 28.8 Å². The summed E-state index contributed by atoms with van der Waals surface area (Å²) < 4.78 is 0. The van der Waals surface area contributed by atoms with Gasteiger partial charge in [-0.2, -0.15) is 0 Å². The van der Waals surface area contributed by atoms with E-state index < -0.39 is 11.9 Å². The highest BCUT2D eigenvalue weighted by atomic mass is 35.5. The number of amides is 1. The zero-order chi connectivity index (χ0) is 27.3. The summed E-state index contributed by atoms with van der Waals surface area (Å²) in [4.78, 5) is 42.9. The number of anilines is 2. The molecule has 2 aromatic carbocycles. The van der Waals surface area contributed by atoms with Gasteiger partial charge >= 0.3 is 11.9 Å². The molecule has 0 fully saturated rings. The number of benzene rings is 2. The van der Waals surface area contributed by atoms with E-state index in [2.05, 4.69) is 5.32 Å². The first-order valence-corrected chi connectivity index (χ1v) is 11.6. The van der Waals surface area contributed by atoms with Crippen LogP contribution in [-0.2, 0) is 9.59 Å². The molecule has 11 heteroatoms. The van der Waals surface area contributed by atoms with Crippen LogP contribution in [0.4, 0.5) is 11.4 Å². The van der Waals surface area contributed by atoms with E-state index in [-0.39, 0.29) is 39.6 Å². The van der Waals surface area contributed by atoms with E-state index in [1.807, 2.05) is 27.7 Å². The average molecular weight is 548 g/mol. The van der Waals surface area contributed by atoms with Gasteiger partial charge in [0.2, 0.25) is 11.1 Å². The molecule has 0 aliphatic carbocycles. The second-order valence-corrected chi connectivity index (χ2v) is 9.43. The number of nitrogen functional groups attached to an aromatic ring is 1. The van der Waals surface area contributed by atoms with E-state index >= 15 is 0 Å². The maximum absolute atomic E-state index is 11.6. The number of hydrogen-bond acceptors (Lipinski definition) is 5. The van der Waals surface area contributed by atoms with Gasteiger partial charge in [0.15, 0.2) is 0 Å². The molecule has 0 radical (unpaired) electrons. The molecule has 2 rings (SSSR count). The molecular weight excluding hydrogens is 519 g/mol. The van der Waals surface area contributed by atoms with E-state index in [1.54, 1.807) is 0 Å². The van der Waals surface area contributed by atoms with Crippen molar-refractivity contribution in [2.45, 2.75) is 40.5 Å². The number of halogens is 3. The van der Waals surface area contributed by atoms with Gasteiger partial charge in [0.05, 0.1) is 16.8 Å². The van der Waals surface area contributed by atoms with Crippen LogP contribution in [0.1, 0.15) is 61.3 Å². The van der Waals surface area contributed by atoms with Gasteiger partial charge in [0, 0.05) is 28.6 Å². The Kier molecular flexibility index (Phi) is 14.7. The van der Waals surface area contributed by atoms with Crippen molar-refractivity contribution < 1.29 is 29.4 Å². The fourth-order valence-electron chi connectivity index (χ4n) is 2.43. The van der Waals surface area contributed by atoms with Crippen LogP contribution in [0.3, 0.4) is 0 Å². The second-order valence-electron chi connectivity index (χ2n) is 8.13. The third-order valence-corrected chi connectivity index (χ3v) is 4.52. The lowest BCUT2D eigenvalue weighted by atomic mass is 10.1. The highest BCUT2D eigenvalue weighted by molar-refractivity contribution is 6.63. The van der Waals surface area contributed by atoms with Crippen molar-refractivity contribution in [1.82, 2.24) is 0 Å². The summed E-state index contributed by atoms with van der Waals surface area (Å²) in [5, 5.41) is 20.6. The minimum absolute atomic E-state index is 0.0338. The minimum Gasteiger partial charge on any atom is -0.478 e. The lowest BCUT2D eigenvalue weighted by Crippen LogP contribution is -2.16. The number of hydrogen-bond donors (Lipinski definition) is 4. The second kappa shape index (κ2) is 16.0. The van der Waals surface area contributed by atoms with Crippen molar-refractivity contribution in [3.63, 3.8) is 0 Å². The Balaban J connectivity index is 0.000000550. The standard InChI is InChI=1S/C12H14ClNO3.C7H6ClNO2.C5H9ClO/c1-7(2)5-11(15)14-10-6-8(13)3-4-9(10)12(16)17;8-4-1-2-5(7(10)11)6(9)3-4;1-4(2)3-5(6)7/h3-4,6-7H,5H2,1-2H3,(H,14,15)(H,16,17);1-3H,9H2,(H,10,11);4H,3H2,1-2H3. The Morgan fingerprint density at radius 3 is 1.66 bits per heavy atom. The molecule has 0 spiro atoms. The van der Waals surface area contributed by atoms with Crippen LogP contribution in [0, 0.1) is 11.8 Å². The highest BCUT2D eigenvalue weighted by Gasteiger charge is 2.13. The molecule has 35 heavy (non-hydrogen) atoms. The first kappa shape index (κ1) is 32.2. The molecule has 5 N–H and O–H groups in total. The fraction of sp³-hybridized carbons (Fsp3) is 0.333. The lowest BCUT2D eigenvalue weighted by molar-refractivity contribution is -0.117. The third-order valence-electron chi connectivity index (χ3n) is 3.89. The molecule has 0 saturated carbocycles. The summed E-state index contributed by atoms with van der Waals surface area (Å²) in [5.74, 6) is -1.75. The Morgan fingerprint density at radius 1 is 0.829 bits per heavy atom. The molecule has 0 saturated heterocycles. The van der Waals surface area contributed by atoms with Gasteiger partial charge in [-0.1, -0.05) is 50.9 Å². The Bertz CT molecular complexity index is 1040. The number of carboxylic acids is 2. The Hall–Kier alpha value is -2.81. The van der Waals surface area contributed by atoms with Crippen molar-refractivity contribution >= 4 is 69.3 Å². The molecule has 0 atom stereocenters. The molecule has 1 amide bonds. The molecular formula is C24H29Cl3N2O6. The molecule has 0 unspecified atom stereocenters. The maximum atomic E-state index is 11.6. The first-order valence-electron chi connectivity index (χ1n) is 10.4. The minimum atomic E-state index is -1.10. The van der Waals surface area contributed by atoms with Gasteiger partial charge in [0.1, 0.15) is 0 Å². The first-order chi connectivity index (χ1) is 16.1. The Morgan fingerprint density at radius 2 is 1.29 bits per heavy atom. The lowest BCUT2D eigenvalue weighted by Gasteiger charge is -2.10. The summed E-state index contributed by atoms with van der Waals surface area (Å²) >= 11 is 16.3. The smallest absolute Gasteiger partial charge is 0.337 e. The summed E-state index contributed by atoms with van der Waals surface area (Å²) in [6.07, 6.45) is 0.827. The highest BCUT2D eigenvalue weighted by Crippen LogP contribution is 2.22. The van der Waals surface area contributed by atoms with Crippen LogP contribution in [0.25, 0.3) is 0 Å². The topological polar surface area (TPSA) is 147 Å². The molecule has 192 valence electrons. The molecule has 0 aromatic heterocycles. The third kappa shape index (κ3) is 14.2. The van der Waals surface area contributed by atoms with Gasteiger partial charge in [-0.3, -0.25) is 9.59 Å². The predicted octanol–water partition coefficient (Wildman–Crippen LogP) is 6.44. The van der Waals surface area contributed by atoms with E-state index in [9.17, 15) is 19.2 Å². The molecule has 0 aliphatic rings. The molecule has 8 nitrogen and oxygen atoms in total. The zero-order valence-corrected chi connectivity index (χ0v) is 22.0. The van der Waals surface area contributed by atoms with Crippen LogP contribution in [0.5, 0.6) is 0 Å². The number of carboxylic acid groups (broad SMARTS) is 2. The number of aromatic carboxylic acids is 2. The number of carbonyl (C=O) groups is 4. The van der Waals surface area contributed by atoms with E-state index in [1.165, 1.54) is 36.4 Å². The molecule has 2 aromatic rings. The number of carbonyl (C=O) groups excluding carboxylic acids is 2. The van der Waals surface area contributed by atoms with Crippen molar-refractivity contribution in [3.05, 3.63) is 57.6 Å². The van der Waals surface area contributed by atoms with Gasteiger partial charge in [-0.25, -0.2) is 9.59 Å². The van der Waals surface area contributed by atoms with Crippen molar-refractivity contribution in [1.29, 1.82) is 0 Å². The predicted molar refractivity (Wildman–Crippen MR) is 140 cm³/mol. The van der Waals surface area contributed by atoms with Gasteiger partial charge in [-0.05, 0) is 59.8 Å². The van der Waals surface area contributed by atoms with E-state index in [0.717, 1.165) is 0 Å². The molecule has 0 bridgehead atoms. The van der Waals surface area contributed by atoms with Crippen molar-refractivity contribution in [2.24, 2.45) is 11.8 Å². The molecule has 0 aliphatic heterocycles. The Labute approximate surface area is 219 Å². The van der Waals surface area contributed by atoms with Crippen molar-refractivity contribution in [2.75, 3.05) is 11.1 Å². The summed E-state index contributed by atoms with van der Waals surface area (Å²) in [7, 11) is 0. The van der Waals surface area contributed by atoms with Crippen molar-refractivity contribution in [3.8, 4) is 0 Å². The van der Waals surface area contributed by atoms with Gasteiger partial charge in [0.25, 0.3) is 0 Å². The van der Waals surface area contributed by atoms with Gasteiger partial charge < -0.3 is 21.3 Å². The fourth-order valence-corrected chi connectivity index (χ4v) is 3.09. The summed E-state index contributed by atoms with van der Waals surface area (Å²) in [6, 6.07) is 8.55. The quantitative estimate of drug-likeness (QED) is 0.230. The summed E-state index contributed by atoms with van der Waals surface area (Å²) in [5.41, 5.74) is 5.89. The number of nitrogens with one attached hydrogen (secondary N) is 1. The zero-order valence-electron chi connectivity index (χ0n) is 19.8. The number of nitrogens with two attached hydrogens (primary N) is 1. The van der Waals surface area contributed by atoms with Gasteiger partial charge in [-0.15, -0.1) is 0 Å². The van der Waals surface area contributed by atoms with Crippen LogP contribution >= 0.6 is 34.8 Å². The SMILES string of the molecule is CC(C)CC(=O)Cl.CC(C)CC(=O)Nc1cc(Cl)ccc1C(=O)O.Nc1cc(Cl)ccc1C(=O)O. The number of rotatable bonds is 7. The molecule has 0 heterocycles. The normalized spacial score (nSPS) is 9.97. The van der Waals surface area contributed by atoms with E-state index in [4.69, 9.17) is 50.7 Å². The largest absolute Gasteiger partial charge is 0.478 e. The monoisotopic (exact) mass is 546 g/mol.